The first-order valence-electron chi connectivity index (χ1n) is 6.47. The summed E-state index contributed by atoms with van der Waals surface area (Å²) in [6.07, 6.45) is -4.32. The van der Waals surface area contributed by atoms with E-state index in [1.54, 1.807) is 13.0 Å². The van der Waals surface area contributed by atoms with E-state index in [0.717, 1.165) is 23.3 Å². The van der Waals surface area contributed by atoms with Gasteiger partial charge in [-0.25, -0.2) is 0 Å². The summed E-state index contributed by atoms with van der Waals surface area (Å²) in [7, 11) is 0. The van der Waals surface area contributed by atoms with Crippen molar-refractivity contribution in [2.75, 3.05) is 5.32 Å². The lowest BCUT2D eigenvalue weighted by atomic mass is 10.1. The number of anilines is 1. The molecule has 0 aromatic heterocycles. The van der Waals surface area contributed by atoms with Gasteiger partial charge in [-0.3, -0.25) is 0 Å². The minimum absolute atomic E-state index is 0.160. The van der Waals surface area contributed by atoms with Gasteiger partial charge < -0.3 is 10.4 Å². The molecule has 0 atom stereocenters. The molecular weight excluding hydrogens is 279 g/mol. The second-order valence-electron chi connectivity index (χ2n) is 5.03. The van der Waals surface area contributed by atoms with Crippen molar-refractivity contribution in [3.63, 3.8) is 0 Å². The van der Waals surface area contributed by atoms with Crippen LogP contribution in [0.5, 0.6) is 5.75 Å². The first kappa shape index (κ1) is 15.2. The van der Waals surface area contributed by atoms with E-state index in [4.69, 9.17) is 0 Å². The predicted octanol–water partition coefficient (Wildman–Crippen LogP) is 4.64. The van der Waals surface area contributed by atoms with Crippen LogP contribution in [0.15, 0.2) is 36.4 Å². The molecule has 2 aromatic carbocycles. The van der Waals surface area contributed by atoms with E-state index in [0.29, 0.717) is 17.8 Å². The molecule has 5 heteroatoms. The van der Waals surface area contributed by atoms with Gasteiger partial charge in [-0.1, -0.05) is 18.2 Å². The van der Waals surface area contributed by atoms with E-state index < -0.39 is 11.7 Å². The fourth-order valence-corrected chi connectivity index (χ4v) is 2.10. The highest BCUT2D eigenvalue weighted by atomic mass is 19.4. The molecule has 0 amide bonds. The Balaban J connectivity index is 2.10. The lowest BCUT2D eigenvalue weighted by molar-refractivity contribution is -0.137. The summed E-state index contributed by atoms with van der Waals surface area (Å²) in [5.74, 6) is 0.160. The minimum Gasteiger partial charge on any atom is -0.506 e. The number of alkyl halides is 3. The van der Waals surface area contributed by atoms with Crippen LogP contribution in [0.3, 0.4) is 0 Å². The summed E-state index contributed by atoms with van der Waals surface area (Å²) in [4.78, 5) is 0. The number of aryl methyl sites for hydroxylation is 2. The van der Waals surface area contributed by atoms with Crippen molar-refractivity contribution in [2.24, 2.45) is 0 Å². The molecule has 0 aliphatic heterocycles. The third-order valence-corrected chi connectivity index (χ3v) is 3.21. The van der Waals surface area contributed by atoms with Crippen LogP contribution in [0, 0.1) is 13.8 Å². The van der Waals surface area contributed by atoms with E-state index in [9.17, 15) is 18.3 Å². The number of aromatic hydroxyl groups is 1. The Morgan fingerprint density at radius 2 is 1.67 bits per heavy atom. The molecule has 2 nitrogen and oxygen atoms in total. The summed E-state index contributed by atoms with van der Waals surface area (Å²) in [5.41, 5.74) is 2.37. The van der Waals surface area contributed by atoms with Crippen LogP contribution in [0.25, 0.3) is 0 Å². The average Bonchev–Trinajstić information content (AvgIpc) is 2.40. The van der Waals surface area contributed by atoms with Crippen LogP contribution in [-0.4, -0.2) is 5.11 Å². The number of rotatable bonds is 3. The van der Waals surface area contributed by atoms with E-state index in [1.807, 2.05) is 13.0 Å². The van der Waals surface area contributed by atoms with Gasteiger partial charge in [0.2, 0.25) is 0 Å². The van der Waals surface area contributed by atoms with Gasteiger partial charge in [-0.15, -0.1) is 0 Å². The second kappa shape index (κ2) is 5.68. The van der Waals surface area contributed by atoms with E-state index in [1.165, 1.54) is 12.1 Å². The van der Waals surface area contributed by atoms with Gasteiger partial charge in [0.15, 0.2) is 0 Å². The largest absolute Gasteiger partial charge is 0.506 e. The molecule has 0 aliphatic rings. The molecule has 0 aliphatic carbocycles. The summed E-state index contributed by atoms with van der Waals surface area (Å²) >= 11 is 0. The number of phenolic OH excluding ortho intramolecular Hbond substituents is 1. The first-order chi connectivity index (χ1) is 9.77. The molecule has 0 heterocycles. The molecule has 0 radical (unpaired) electrons. The van der Waals surface area contributed by atoms with Crippen LogP contribution in [0.2, 0.25) is 0 Å². The van der Waals surface area contributed by atoms with Crippen molar-refractivity contribution in [3.8, 4) is 5.75 Å². The summed E-state index contributed by atoms with van der Waals surface area (Å²) in [6.45, 7) is 4.05. The topological polar surface area (TPSA) is 32.3 Å². The SMILES string of the molecule is Cc1cc(C)c(O)c(NCc2ccc(C(F)(F)F)cc2)c1. The quantitative estimate of drug-likeness (QED) is 0.808. The molecule has 21 heavy (non-hydrogen) atoms. The maximum atomic E-state index is 12.5. The highest BCUT2D eigenvalue weighted by molar-refractivity contribution is 5.61. The normalized spacial score (nSPS) is 11.5. The number of hydrogen-bond acceptors (Lipinski definition) is 2. The lowest BCUT2D eigenvalue weighted by Crippen LogP contribution is -2.05. The van der Waals surface area contributed by atoms with Gasteiger partial charge in [0, 0.05) is 6.54 Å². The molecule has 0 fully saturated rings. The monoisotopic (exact) mass is 295 g/mol. The standard InChI is InChI=1S/C16H16F3NO/c1-10-7-11(2)15(21)14(8-10)20-9-12-3-5-13(6-4-12)16(17,18)19/h3-8,20-21H,9H2,1-2H3. The molecule has 2 aromatic rings. The lowest BCUT2D eigenvalue weighted by Gasteiger charge is -2.12. The van der Waals surface area contributed by atoms with Gasteiger partial charge in [0.25, 0.3) is 0 Å². The molecule has 0 bridgehead atoms. The fraction of sp³-hybridized carbons (Fsp3) is 0.250. The molecule has 2 N–H and O–H groups in total. The first-order valence-corrected chi connectivity index (χ1v) is 6.47. The van der Waals surface area contributed by atoms with Crippen molar-refractivity contribution in [2.45, 2.75) is 26.6 Å². The van der Waals surface area contributed by atoms with Crippen LogP contribution < -0.4 is 5.32 Å². The van der Waals surface area contributed by atoms with E-state index in [-0.39, 0.29) is 5.75 Å². The predicted molar refractivity (Wildman–Crippen MR) is 76.4 cm³/mol. The maximum absolute atomic E-state index is 12.5. The van der Waals surface area contributed by atoms with Gasteiger partial charge in [0.05, 0.1) is 11.3 Å². The van der Waals surface area contributed by atoms with Crippen molar-refractivity contribution in [1.29, 1.82) is 0 Å². The Kier molecular flexibility index (Phi) is 4.11. The highest BCUT2D eigenvalue weighted by Gasteiger charge is 2.29. The Hall–Kier alpha value is -2.17. The zero-order chi connectivity index (χ0) is 15.6. The Morgan fingerprint density at radius 1 is 1.05 bits per heavy atom. The van der Waals surface area contributed by atoms with Crippen molar-refractivity contribution in [3.05, 3.63) is 58.7 Å². The van der Waals surface area contributed by atoms with Crippen LogP contribution in [-0.2, 0) is 12.7 Å². The summed E-state index contributed by atoms with van der Waals surface area (Å²) in [6, 6.07) is 8.62. The Bertz CT molecular complexity index is 633. The van der Waals surface area contributed by atoms with Crippen LogP contribution >= 0.6 is 0 Å². The smallest absolute Gasteiger partial charge is 0.416 e. The van der Waals surface area contributed by atoms with Crippen molar-refractivity contribution in [1.82, 2.24) is 0 Å². The minimum atomic E-state index is -4.32. The molecule has 112 valence electrons. The molecule has 2 rings (SSSR count). The van der Waals surface area contributed by atoms with Gasteiger partial charge in [0.1, 0.15) is 5.75 Å². The summed E-state index contributed by atoms with van der Waals surface area (Å²) < 4.78 is 37.4. The highest BCUT2D eigenvalue weighted by Crippen LogP contribution is 2.30. The van der Waals surface area contributed by atoms with Crippen LogP contribution in [0.4, 0.5) is 18.9 Å². The summed E-state index contributed by atoms with van der Waals surface area (Å²) in [5, 5.41) is 13.0. The molecule has 0 saturated carbocycles. The molecular formula is C16H16F3NO. The van der Waals surface area contributed by atoms with E-state index in [2.05, 4.69) is 5.32 Å². The van der Waals surface area contributed by atoms with Crippen LogP contribution in [0.1, 0.15) is 22.3 Å². The number of hydrogen-bond donors (Lipinski definition) is 2. The molecule has 0 saturated heterocycles. The third kappa shape index (κ3) is 3.68. The van der Waals surface area contributed by atoms with Gasteiger partial charge in [-0.2, -0.15) is 13.2 Å². The number of benzene rings is 2. The third-order valence-electron chi connectivity index (χ3n) is 3.21. The molecule has 0 spiro atoms. The zero-order valence-electron chi connectivity index (χ0n) is 11.8. The number of halogens is 3. The molecule has 0 unspecified atom stereocenters. The van der Waals surface area contributed by atoms with Crippen molar-refractivity contribution >= 4 is 5.69 Å². The van der Waals surface area contributed by atoms with Gasteiger partial charge >= 0.3 is 6.18 Å². The van der Waals surface area contributed by atoms with E-state index >= 15 is 0 Å². The second-order valence-corrected chi connectivity index (χ2v) is 5.03. The number of phenols is 1. The maximum Gasteiger partial charge on any atom is 0.416 e. The fourth-order valence-electron chi connectivity index (χ4n) is 2.10. The average molecular weight is 295 g/mol. The number of nitrogens with one attached hydrogen (secondary N) is 1. The Labute approximate surface area is 121 Å². The Morgan fingerprint density at radius 3 is 2.24 bits per heavy atom. The van der Waals surface area contributed by atoms with Crippen molar-refractivity contribution < 1.29 is 18.3 Å². The zero-order valence-corrected chi connectivity index (χ0v) is 11.8. The van der Waals surface area contributed by atoms with Gasteiger partial charge in [-0.05, 0) is 48.7 Å².